The first kappa shape index (κ1) is 10.5. The van der Waals surface area contributed by atoms with Crippen molar-refractivity contribution in [3.8, 4) is 0 Å². The smallest absolute Gasteiger partial charge is 0.139 e. The fourth-order valence-corrected chi connectivity index (χ4v) is 1.08. The lowest BCUT2D eigenvalue weighted by atomic mass is 9.97. The lowest BCUT2D eigenvalue weighted by molar-refractivity contribution is -0.0376. The molecule has 1 atom stereocenters. The molecule has 2 nitrogen and oxygen atoms in total. The summed E-state index contributed by atoms with van der Waals surface area (Å²) in [6.45, 7) is 7.10. The van der Waals surface area contributed by atoms with Gasteiger partial charge in [-0.05, 0) is 11.5 Å². The molecule has 1 aliphatic carbocycles. The van der Waals surface area contributed by atoms with Gasteiger partial charge in [-0.15, -0.1) is 0 Å². The molecule has 0 radical (unpaired) electrons. The van der Waals surface area contributed by atoms with Crippen LogP contribution in [0.3, 0.4) is 0 Å². The highest BCUT2D eigenvalue weighted by Crippen LogP contribution is 2.21. The second kappa shape index (κ2) is 3.64. The summed E-state index contributed by atoms with van der Waals surface area (Å²) in [6.07, 6.45) is 8.64. The molecule has 0 heterocycles. The van der Waals surface area contributed by atoms with Crippen molar-refractivity contribution >= 4 is 0 Å². The van der Waals surface area contributed by atoms with E-state index in [1.807, 2.05) is 24.3 Å². The molecule has 0 aliphatic heterocycles. The van der Waals surface area contributed by atoms with Gasteiger partial charge in [-0.2, -0.15) is 0 Å². The number of allylic oxidation sites excluding steroid dienone is 2. The summed E-state index contributed by atoms with van der Waals surface area (Å²) in [5.74, 6) is 0. The first-order chi connectivity index (χ1) is 5.91. The van der Waals surface area contributed by atoms with Gasteiger partial charge >= 0.3 is 0 Å². The Morgan fingerprint density at radius 3 is 2.54 bits per heavy atom. The molecule has 0 saturated carbocycles. The lowest BCUT2D eigenvalue weighted by Crippen LogP contribution is -2.42. The Labute approximate surface area is 80.5 Å². The number of hydrogen-bond acceptors (Lipinski definition) is 2. The van der Waals surface area contributed by atoms with Crippen LogP contribution in [-0.4, -0.2) is 12.3 Å². The number of hydrogen-bond donors (Lipinski definition) is 1. The molecular formula is C11H19NO. The third-order valence-electron chi connectivity index (χ3n) is 1.84. The predicted molar refractivity (Wildman–Crippen MR) is 55.2 cm³/mol. The van der Waals surface area contributed by atoms with Gasteiger partial charge in [0.15, 0.2) is 0 Å². The van der Waals surface area contributed by atoms with Gasteiger partial charge in [-0.3, -0.25) is 5.73 Å². The van der Waals surface area contributed by atoms with Gasteiger partial charge in [0.25, 0.3) is 0 Å². The van der Waals surface area contributed by atoms with E-state index >= 15 is 0 Å². The topological polar surface area (TPSA) is 35.2 Å². The summed E-state index contributed by atoms with van der Waals surface area (Å²) in [6, 6.07) is 0. The highest BCUT2D eigenvalue weighted by molar-refractivity contribution is 5.16. The molecule has 0 bridgehead atoms. The summed E-state index contributed by atoms with van der Waals surface area (Å²) in [7, 11) is 0. The van der Waals surface area contributed by atoms with Crippen LogP contribution >= 0.6 is 0 Å². The molecule has 1 rings (SSSR count). The molecule has 0 aromatic carbocycles. The third-order valence-corrected chi connectivity index (χ3v) is 1.84. The molecule has 74 valence electrons. The maximum Gasteiger partial charge on any atom is 0.139 e. The number of nitrogens with two attached hydrogens (primary N) is 1. The molecule has 0 aromatic heterocycles. The maximum atomic E-state index is 6.01. The molecule has 2 heteroatoms. The zero-order valence-corrected chi connectivity index (χ0v) is 8.71. The standard InChI is InChI=1S/C11H19NO/c1-10(2,3)9-13-11(12)7-5-4-6-8-11/h4-7H,8-9,12H2,1-3H3. The van der Waals surface area contributed by atoms with Crippen molar-refractivity contribution in [1.29, 1.82) is 0 Å². The molecule has 0 spiro atoms. The van der Waals surface area contributed by atoms with E-state index in [1.165, 1.54) is 0 Å². The number of ether oxygens (including phenoxy) is 1. The quantitative estimate of drug-likeness (QED) is 0.663. The first-order valence-corrected chi connectivity index (χ1v) is 4.69. The molecule has 0 saturated heterocycles. The van der Waals surface area contributed by atoms with E-state index < -0.39 is 5.72 Å². The van der Waals surface area contributed by atoms with Crippen LogP contribution in [0.4, 0.5) is 0 Å². The van der Waals surface area contributed by atoms with Crippen LogP contribution in [0.5, 0.6) is 0 Å². The average Bonchev–Trinajstić information content (AvgIpc) is 2.02. The normalized spacial score (nSPS) is 28.0. The average molecular weight is 181 g/mol. The Hall–Kier alpha value is -0.600. The Bertz CT molecular complexity index is 225. The van der Waals surface area contributed by atoms with Crippen LogP contribution in [0.15, 0.2) is 24.3 Å². The van der Waals surface area contributed by atoms with E-state index in [4.69, 9.17) is 10.5 Å². The van der Waals surface area contributed by atoms with Crippen LogP contribution in [-0.2, 0) is 4.74 Å². The van der Waals surface area contributed by atoms with Crippen LogP contribution in [0.2, 0.25) is 0 Å². The molecule has 1 unspecified atom stereocenters. The van der Waals surface area contributed by atoms with Gasteiger partial charge in [-0.1, -0.05) is 39.0 Å². The predicted octanol–water partition coefficient (Wildman–Crippen LogP) is 2.22. The Kier molecular flexibility index (Phi) is 2.94. The fourth-order valence-electron chi connectivity index (χ4n) is 1.08. The summed E-state index contributed by atoms with van der Waals surface area (Å²) in [4.78, 5) is 0. The monoisotopic (exact) mass is 181 g/mol. The van der Waals surface area contributed by atoms with Gasteiger partial charge < -0.3 is 4.74 Å². The highest BCUT2D eigenvalue weighted by atomic mass is 16.5. The van der Waals surface area contributed by atoms with E-state index in [1.54, 1.807) is 0 Å². The van der Waals surface area contributed by atoms with Crippen molar-refractivity contribution in [2.75, 3.05) is 6.61 Å². The van der Waals surface area contributed by atoms with Crippen molar-refractivity contribution in [1.82, 2.24) is 0 Å². The van der Waals surface area contributed by atoms with E-state index in [2.05, 4.69) is 20.8 Å². The number of rotatable bonds is 2. The molecule has 0 amide bonds. The first-order valence-electron chi connectivity index (χ1n) is 4.69. The van der Waals surface area contributed by atoms with E-state index in [-0.39, 0.29) is 5.41 Å². The van der Waals surface area contributed by atoms with Crippen molar-refractivity contribution in [3.05, 3.63) is 24.3 Å². The molecule has 2 N–H and O–H groups in total. The minimum Gasteiger partial charge on any atom is -0.356 e. The van der Waals surface area contributed by atoms with Gasteiger partial charge in [0.05, 0.1) is 6.61 Å². The Balaban J connectivity index is 2.44. The van der Waals surface area contributed by atoms with E-state index in [0.717, 1.165) is 6.42 Å². The van der Waals surface area contributed by atoms with E-state index in [0.29, 0.717) is 6.61 Å². The van der Waals surface area contributed by atoms with Crippen molar-refractivity contribution in [2.45, 2.75) is 32.9 Å². The largest absolute Gasteiger partial charge is 0.356 e. The molecule has 0 fully saturated rings. The SMILES string of the molecule is CC(C)(C)COC1(N)C=CC=CC1. The lowest BCUT2D eigenvalue weighted by Gasteiger charge is -2.30. The summed E-state index contributed by atoms with van der Waals surface area (Å²) < 4.78 is 5.67. The zero-order chi connectivity index (χ0) is 9.95. The summed E-state index contributed by atoms with van der Waals surface area (Å²) >= 11 is 0. The highest BCUT2D eigenvalue weighted by Gasteiger charge is 2.24. The van der Waals surface area contributed by atoms with Gasteiger partial charge in [0.2, 0.25) is 0 Å². The summed E-state index contributed by atoms with van der Waals surface area (Å²) in [5, 5.41) is 0. The molecule has 13 heavy (non-hydrogen) atoms. The second-order valence-electron chi connectivity index (χ2n) is 4.80. The third kappa shape index (κ3) is 3.75. The second-order valence-corrected chi connectivity index (χ2v) is 4.80. The summed E-state index contributed by atoms with van der Waals surface area (Å²) in [5.41, 5.74) is 5.59. The maximum absolute atomic E-state index is 6.01. The Morgan fingerprint density at radius 2 is 2.08 bits per heavy atom. The molecule has 0 aromatic rings. The molecule has 1 aliphatic rings. The van der Waals surface area contributed by atoms with Crippen LogP contribution in [0, 0.1) is 5.41 Å². The van der Waals surface area contributed by atoms with Crippen LogP contribution < -0.4 is 5.73 Å². The van der Waals surface area contributed by atoms with Gasteiger partial charge in [0.1, 0.15) is 5.72 Å². The zero-order valence-electron chi connectivity index (χ0n) is 8.71. The van der Waals surface area contributed by atoms with Crippen LogP contribution in [0.1, 0.15) is 27.2 Å². The Morgan fingerprint density at radius 1 is 1.38 bits per heavy atom. The van der Waals surface area contributed by atoms with Gasteiger partial charge in [-0.25, -0.2) is 0 Å². The minimum absolute atomic E-state index is 0.168. The van der Waals surface area contributed by atoms with Crippen LogP contribution in [0.25, 0.3) is 0 Å². The van der Waals surface area contributed by atoms with Gasteiger partial charge in [0, 0.05) is 6.42 Å². The van der Waals surface area contributed by atoms with E-state index in [9.17, 15) is 0 Å². The van der Waals surface area contributed by atoms with Crippen molar-refractivity contribution in [3.63, 3.8) is 0 Å². The minimum atomic E-state index is -0.581. The van der Waals surface area contributed by atoms with Crippen molar-refractivity contribution in [2.24, 2.45) is 11.1 Å². The molecular weight excluding hydrogens is 162 g/mol. The fraction of sp³-hybridized carbons (Fsp3) is 0.636. The van der Waals surface area contributed by atoms with Crippen molar-refractivity contribution < 1.29 is 4.74 Å².